The van der Waals surface area contributed by atoms with Crippen LogP contribution in [0.3, 0.4) is 0 Å². The van der Waals surface area contributed by atoms with Gasteiger partial charge in [-0.3, -0.25) is 19.3 Å². The zero-order valence-electron chi connectivity index (χ0n) is 20.8. The Bertz CT molecular complexity index is 1540. The Morgan fingerprint density at radius 3 is 2.31 bits per heavy atom. The van der Waals surface area contributed by atoms with Crippen molar-refractivity contribution in [2.24, 2.45) is 17.6 Å². The van der Waals surface area contributed by atoms with Gasteiger partial charge in [0.2, 0.25) is 5.78 Å². The summed E-state index contributed by atoms with van der Waals surface area (Å²) in [5.74, 6) is -8.93. The van der Waals surface area contributed by atoms with Gasteiger partial charge in [0.25, 0.3) is 5.91 Å². The SMILES string of the molecule is CN(C)[C@@H]1C(O)=C(C(N)=O)C(=O)[C@]2(O)C(O)=C3C(=O)c4c(O)cccc4/C(=C\c4ccc(Cl)cc4)[C@@H]3[C@@H](O)[C@H]12. The number of phenolic OH excluding ortho intramolecular Hbond substituents is 1. The molecule has 0 spiro atoms. The number of likely N-dealkylation sites (N-methyl/N-ethyl adjacent to an activating group) is 1. The number of benzene rings is 2. The summed E-state index contributed by atoms with van der Waals surface area (Å²) in [6.45, 7) is 0. The summed E-state index contributed by atoms with van der Waals surface area (Å²) in [7, 11) is 2.95. The van der Waals surface area contributed by atoms with Crippen LogP contribution in [0, 0.1) is 11.8 Å². The lowest BCUT2D eigenvalue weighted by molar-refractivity contribution is -0.159. The molecule has 3 aliphatic rings. The lowest BCUT2D eigenvalue weighted by Crippen LogP contribution is -2.68. The molecule has 0 aliphatic heterocycles. The fraction of sp³-hybridized carbons (Fsp3) is 0.250. The molecule has 3 aliphatic carbocycles. The van der Waals surface area contributed by atoms with Crippen molar-refractivity contribution in [3.63, 3.8) is 0 Å². The molecule has 10 nitrogen and oxygen atoms in total. The van der Waals surface area contributed by atoms with E-state index in [1.54, 1.807) is 36.4 Å². The number of nitrogens with zero attached hydrogens (tertiary/aromatic N) is 1. The van der Waals surface area contributed by atoms with Gasteiger partial charge in [0.15, 0.2) is 11.4 Å². The van der Waals surface area contributed by atoms with Crippen LogP contribution < -0.4 is 5.73 Å². The van der Waals surface area contributed by atoms with E-state index in [-0.39, 0.29) is 11.1 Å². The van der Waals surface area contributed by atoms with Gasteiger partial charge in [0.05, 0.1) is 29.2 Å². The normalized spacial score (nSPS) is 29.4. The molecule has 0 unspecified atom stereocenters. The maximum absolute atomic E-state index is 13.8. The molecule has 202 valence electrons. The molecule has 1 amide bonds. The number of ketones is 2. The molecule has 0 saturated carbocycles. The van der Waals surface area contributed by atoms with Gasteiger partial charge in [-0.25, -0.2) is 0 Å². The average molecular weight is 553 g/mol. The van der Waals surface area contributed by atoms with E-state index < -0.39 is 75.5 Å². The smallest absolute Gasteiger partial charge is 0.255 e. The average Bonchev–Trinajstić information content (AvgIpc) is 2.86. The Balaban J connectivity index is 1.86. The Kier molecular flexibility index (Phi) is 6.19. The predicted octanol–water partition coefficient (Wildman–Crippen LogP) is 1.74. The van der Waals surface area contributed by atoms with Gasteiger partial charge in [-0.1, -0.05) is 41.9 Å². The number of fused-ring (bicyclic) bond motifs is 3. The summed E-state index contributed by atoms with van der Waals surface area (Å²) in [5.41, 5.74) is 1.85. The fourth-order valence-electron chi connectivity index (χ4n) is 6.05. The first-order valence-electron chi connectivity index (χ1n) is 11.9. The number of hydrogen-bond acceptors (Lipinski definition) is 9. The fourth-order valence-corrected chi connectivity index (χ4v) is 6.18. The molecule has 0 bridgehead atoms. The van der Waals surface area contributed by atoms with Crippen molar-refractivity contribution in [2.45, 2.75) is 17.7 Å². The van der Waals surface area contributed by atoms with E-state index in [9.17, 15) is 39.9 Å². The third kappa shape index (κ3) is 3.64. The topological polar surface area (TPSA) is 182 Å². The Morgan fingerprint density at radius 1 is 1.08 bits per heavy atom. The molecule has 7 N–H and O–H groups in total. The van der Waals surface area contributed by atoms with Crippen molar-refractivity contribution in [1.29, 1.82) is 0 Å². The van der Waals surface area contributed by atoms with E-state index in [0.717, 1.165) is 0 Å². The molecule has 5 rings (SSSR count). The Morgan fingerprint density at radius 2 is 1.72 bits per heavy atom. The number of Topliss-reactive ketones (excluding diaryl/α,β-unsaturated/α-hetero) is 2. The van der Waals surface area contributed by atoms with Crippen LogP contribution >= 0.6 is 11.6 Å². The van der Waals surface area contributed by atoms with E-state index in [1.165, 1.54) is 31.1 Å². The molecule has 2 aromatic carbocycles. The lowest BCUT2D eigenvalue weighted by atomic mass is 9.56. The molecular weight excluding hydrogens is 528 g/mol. The molecular formula is C28H25ClN2O8. The number of rotatable bonds is 3. The van der Waals surface area contributed by atoms with Crippen LogP contribution in [0.2, 0.25) is 5.02 Å². The molecule has 0 aromatic heterocycles. The Hall–Kier alpha value is -3.96. The monoisotopic (exact) mass is 552 g/mol. The molecule has 2 aromatic rings. The van der Waals surface area contributed by atoms with Gasteiger partial charge in [-0.2, -0.15) is 0 Å². The highest BCUT2D eigenvalue weighted by molar-refractivity contribution is 6.30. The minimum atomic E-state index is -2.99. The van der Waals surface area contributed by atoms with E-state index in [0.29, 0.717) is 16.2 Å². The molecule has 0 heterocycles. The van der Waals surface area contributed by atoms with Crippen molar-refractivity contribution in [2.75, 3.05) is 14.1 Å². The molecule has 0 fully saturated rings. The molecule has 0 saturated heterocycles. The van der Waals surface area contributed by atoms with Gasteiger partial charge < -0.3 is 31.3 Å². The number of aliphatic hydroxyl groups is 4. The number of phenols is 1. The highest BCUT2D eigenvalue weighted by Gasteiger charge is 2.67. The molecule has 5 atom stereocenters. The standard InChI is InChI=1S/C28H25ClN2O8/c1-31(2)21-20-23(34)17-14(10-11-6-8-12(29)9-7-11)13-4-3-5-15(32)16(13)22(33)18(17)25(36)28(20,39)26(37)19(24(21)35)27(30)38/h3-10,17,20-21,23,32,34-36,39H,1-2H3,(H2,30,38)/b14-10+/t17-,20-,21-,23+,28+/m0/s1. The van der Waals surface area contributed by atoms with Crippen molar-refractivity contribution < 1.29 is 39.9 Å². The minimum absolute atomic E-state index is 0.203. The van der Waals surface area contributed by atoms with Gasteiger partial charge in [-0.15, -0.1) is 0 Å². The summed E-state index contributed by atoms with van der Waals surface area (Å²) in [4.78, 5) is 40.8. The number of amides is 1. The van der Waals surface area contributed by atoms with Crippen molar-refractivity contribution in [3.05, 3.63) is 86.8 Å². The second-order valence-electron chi connectivity index (χ2n) is 10.1. The zero-order chi connectivity index (χ0) is 28.5. The first-order valence-corrected chi connectivity index (χ1v) is 12.3. The van der Waals surface area contributed by atoms with Crippen LogP contribution in [0.1, 0.15) is 21.5 Å². The van der Waals surface area contributed by atoms with Crippen molar-refractivity contribution >= 4 is 40.7 Å². The largest absolute Gasteiger partial charge is 0.510 e. The summed E-state index contributed by atoms with van der Waals surface area (Å²) in [6.07, 6.45) is -0.112. The maximum Gasteiger partial charge on any atom is 0.255 e. The van der Waals surface area contributed by atoms with Crippen molar-refractivity contribution in [1.82, 2.24) is 4.90 Å². The van der Waals surface area contributed by atoms with Crippen LogP contribution in [-0.4, -0.2) is 79.7 Å². The number of hydrogen-bond donors (Lipinski definition) is 6. The Labute approximate surface area is 227 Å². The molecule has 0 radical (unpaired) electrons. The van der Waals surface area contributed by atoms with E-state index >= 15 is 0 Å². The summed E-state index contributed by atoms with van der Waals surface area (Å²) in [6, 6.07) is 9.62. The number of halogens is 1. The summed E-state index contributed by atoms with van der Waals surface area (Å²) in [5, 5.41) is 57.2. The van der Waals surface area contributed by atoms with E-state index in [1.807, 2.05) is 0 Å². The number of primary amides is 1. The van der Waals surface area contributed by atoms with Crippen LogP contribution in [0.4, 0.5) is 0 Å². The number of carbonyl (C=O) groups excluding carboxylic acids is 3. The predicted molar refractivity (Wildman–Crippen MR) is 141 cm³/mol. The lowest BCUT2D eigenvalue weighted by Gasteiger charge is -2.52. The second kappa shape index (κ2) is 9.06. The zero-order valence-corrected chi connectivity index (χ0v) is 21.5. The van der Waals surface area contributed by atoms with E-state index in [4.69, 9.17) is 17.3 Å². The third-order valence-electron chi connectivity index (χ3n) is 7.72. The third-order valence-corrected chi connectivity index (χ3v) is 7.98. The minimum Gasteiger partial charge on any atom is -0.510 e. The summed E-state index contributed by atoms with van der Waals surface area (Å²) >= 11 is 6.02. The van der Waals surface area contributed by atoms with Gasteiger partial charge in [0, 0.05) is 10.9 Å². The number of carbonyl (C=O) groups is 3. The molecule has 39 heavy (non-hydrogen) atoms. The maximum atomic E-state index is 13.8. The van der Waals surface area contributed by atoms with Gasteiger partial charge >= 0.3 is 0 Å². The number of aromatic hydroxyl groups is 1. The highest BCUT2D eigenvalue weighted by atomic mass is 35.5. The highest BCUT2D eigenvalue weighted by Crippen LogP contribution is 2.55. The van der Waals surface area contributed by atoms with Crippen LogP contribution in [0.25, 0.3) is 11.6 Å². The van der Waals surface area contributed by atoms with Gasteiger partial charge in [0.1, 0.15) is 22.8 Å². The van der Waals surface area contributed by atoms with Crippen molar-refractivity contribution in [3.8, 4) is 5.75 Å². The van der Waals surface area contributed by atoms with Gasteiger partial charge in [-0.05, 0) is 49.0 Å². The first-order chi connectivity index (χ1) is 18.3. The number of aliphatic hydroxyl groups excluding tert-OH is 3. The second-order valence-corrected chi connectivity index (χ2v) is 10.5. The number of nitrogens with two attached hydrogens (primary N) is 1. The first kappa shape index (κ1) is 26.6. The van der Waals surface area contributed by atoms with E-state index in [2.05, 4.69) is 0 Å². The quantitative estimate of drug-likeness (QED) is 0.309. The van der Waals surface area contributed by atoms with Crippen LogP contribution in [-0.2, 0) is 9.59 Å². The van der Waals surface area contributed by atoms with Crippen LogP contribution in [0.5, 0.6) is 5.75 Å². The van der Waals surface area contributed by atoms with Crippen LogP contribution in [0.15, 0.2) is 65.1 Å². The summed E-state index contributed by atoms with van der Waals surface area (Å²) < 4.78 is 0. The molecule has 11 heteroatoms.